The van der Waals surface area contributed by atoms with Crippen molar-refractivity contribution in [1.82, 2.24) is 10.3 Å². The Bertz CT molecular complexity index is 578. The first-order chi connectivity index (χ1) is 9.11. The van der Waals surface area contributed by atoms with Crippen LogP contribution in [0, 0.1) is 0 Å². The molecule has 1 amide bonds. The normalized spacial score (nSPS) is 12.1. The van der Waals surface area contributed by atoms with Crippen molar-refractivity contribution in [2.24, 2.45) is 0 Å². The summed E-state index contributed by atoms with van der Waals surface area (Å²) in [5.41, 5.74) is 0. The number of carbonyl (C=O) groups is 2. The number of hydrogen-bond donors (Lipinski definition) is 2. The maximum atomic E-state index is 12.0. The molecular weight excluding hydrogens is 284 g/mol. The minimum Gasteiger partial charge on any atom is -0.477 e. The molecule has 0 aliphatic heterocycles. The Kier molecular flexibility index (Phi) is 4.28. The molecule has 0 aliphatic rings. The summed E-state index contributed by atoms with van der Waals surface area (Å²) in [6.07, 6.45) is 2.43. The Balaban J connectivity index is 2.09. The van der Waals surface area contributed by atoms with Crippen LogP contribution in [-0.4, -0.2) is 22.0 Å². The summed E-state index contributed by atoms with van der Waals surface area (Å²) in [4.78, 5) is 27.5. The highest BCUT2D eigenvalue weighted by Gasteiger charge is 2.18. The molecule has 1 unspecified atom stereocenters. The Morgan fingerprint density at radius 3 is 2.68 bits per heavy atom. The highest BCUT2D eigenvalue weighted by Crippen LogP contribution is 2.21. The van der Waals surface area contributed by atoms with Gasteiger partial charge in [0.05, 0.1) is 10.9 Å². The van der Waals surface area contributed by atoms with Gasteiger partial charge in [-0.3, -0.25) is 4.79 Å². The van der Waals surface area contributed by atoms with E-state index in [2.05, 4.69) is 10.3 Å². The zero-order chi connectivity index (χ0) is 13.8. The van der Waals surface area contributed by atoms with Gasteiger partial charge in [-0.1, -0.05) is 6.92 Å². The van der Waals surface area contributed by atoms with Crippen LogP contribution in [0.15, 0.2) is 23.7 Å². The Hall–Kier alpha value is -1.73. The minimum atomic E-state index is -1.02. The third kappa shape index (κ3) is 3.18. The third-order valence-electron chi connectivity index (χ3n) is 2.50. The molecule has 7 heteroatoms. The lowest BCUT2D eigenvalue weighted by atomic mass is 10.2. The van der Waals surface area contributed by atoms with Crippen LogP contribution in [0.4, 0.5) is 0 Å². The summed E-state index contributed by atoms with van der Waals surface area (Å²) in [7, 11) is 0. The second-order valence-corrected chi connectivity index (χ2v) is 5.78. The number of nitrogens with one attached hydrogen (secondary N) is 1. The fourth-order valence-electron chi connectivity index (χ4n) is 1.55. The van der Waals surface area contributed by atoms with Crippen LogP contribution in [0.2, 0.25) is 0 Å². The second kappa shape index (κ2) is 5.94. The van der Waals surface area contributed by atoms with Gasteiger partial charge < -0.3 is 10.4 Å². The van der Waals surface area contributed by atoms with Crippen molar-refractivity contribution in [3.63, 3.8) is 0 Å². The van der Waals surface area contributed by atoms with E-state index in [-0.39, 0.29) is 16.8 Å². The predicted molar refractivity (Wildman–Crippen MR) is 73.9 cm³/mol. The van der Waals surface area contributed by atoms with E-state index in [1.807, 2.05) is 12.3 Å². The molecule has 1 atom stereocenters. The average Bonchev–Trinajstić information content (AvgIpc) is 3.05. The fourth-order valence-corrected chi connectivity index (χ4v) is 3.07. The summed E-state index contributed by atoms with van der Waals surface area (Å²) in [6.45, 7) is 1.96. The highest BCUT2D eigenvalue weighted by atomic mass is 32.1. The first-order valence-electron chi connectivity index (χ1n) is 5.65. The molecule has 2 N–H and O–H groups in total. The Morgan fingerprint density at radius 1 is 1.42 bits per heavy atom. The number of carbonyl (C=O) groups excluding carboxylic acids is 1. The van der Waals surface area contributed by atoms with E-state index < -0.39 is 5.97 Å². The van der Waals surface area contributed by atoms with Gasteiger partial charge >= 0.3 is 5.97 Å². The standard InChI is InChI=1S/C12H12N2O3S2/c1-2-7(11-13-5-6-18-11)14-10(15)8-3-4-9(19-8)12(16)17/h3-7H,2H2,1H3,(H,14,15)(H,16,17). The Labute approximate surface area is 117 Å². The quantitative estimate of drug-likeness (QED) is 0.889. The number of nitrogens with zero attached hydrogens (tertiary/aromatic N) is 1. The monoisotopic (exact) mass is 296 g/mol. The molecule has 2 aromatic rings. The first-order valence-corrected chi connectivity index (χ1v) is 7.34. The van der Waals surface area contributed by atoms with Crippen molar-refractivity contribution in [1.29, 1.82) is 0 Å². The van der Waals surface area contributed by atoms with Crippen LogP contribution in [0.25, 0.3) is 0 Å². The van der Waals surface area contributed by atoms with Crippen molar-refractivity contribution >= 4 is 34.6 Å². The van der Waals surface area contributed by atoms with Crippen molar-refractivity contribution in [2.45, 2.75) is 19.4 Å². The van der Waals surface area contributed by atoms with E-state index >= 15 is 0 Å². The number of thiophene rings is 1. The number of carboxylic acid groups (broad SMARTS) is 1. The number of amides is 1. The van der Waals surface area contributed by atoms with E-state index in [4.69, 9.17) is 5.11 Å². The molecule has 2 aromatic heterocycles. The van der Waals surface area contributed by atoms with E-state index in [0.29, 0.717) is 4.88 Å². The average molecular weight is 296 g/mol. The van der Waals surface area contributed by atoms with Crippen molar-refractivity contribution in [3.05, 3.63) is 38.5 Å². The van der Waals surface area contributed by atoms with Gasteiger partial charge in [0.1, 0.15) is 9.88 Å². The van der Waals surface area contributed by atoms with Crippen molar-refractivity contribution in [2.75, 3.05) is 0 Å². The van der Waals surface area contributed by atoms with Gasteiger partial charge in [-0.15, -0.1) is 22.7 Å². The van der Waals surface area contributed by atoms with Gasteiger partial charge in [-0.25, -0.2) is 9.78 Å². The third-order valence-corrected chi connectivity index (χ3v) is 4.46. The molecule has 0 aliphatic carbocycles. The maximum Gasteiger partial charge on any atom is 0.345 e. The van der Waals surface area contributed by atoms with E-state index in [1.54, 1.807) is 6.20 Å². The molecule has 2 heterocycles. The van der Waals surface area contributed by atoms with Crippen LogP contribution in [-0.2, 0) is 0 Å². The number of carboxylic acids is 1. The van der Waals surface area contributed by atoms with Gasteiger partial charge in [-0.05, 0) is 18.6 Å². The number of rotatable bonds is 5. The number of hydrogen-bond acceptors (Lipinski definition) is 5. The van der Waals surface area contributed by atoms with Gasteiger partial charge in [0.25, 0.3) is 5.91 Å². The second-order valence-electron chi connectivity index (χ2n) is 3.77. The molecule has 0 saturated carbocycles. The van der Waals surface area contributed by atoms with Crippen LogP contribution >= 0.6 is 22.7 Å². The molecule has 0 spiro atoms. The van der Waals surface area contributed by atoms with Gasteiger partial charge in [-0.2, -0.15) is 0 Å². The van der Waals surface area contributed by atoms with E-state index in [0.717, 1.165) is 22.8 Å². The van der Waals surface area contributed by atoms with Crippen LogP contribution in [0.3, 0.4) is 0 Å². The molecular formula is C12H12N2O3S2. The maximum absolute atomic E-state index is 12.0. The van der Waals surface area contributed by atoms with Crippen LogP contribution in [0.5, 0.6) is 0 Å². The summed E-state index contributed by atoms with van der Waals surface area (Å²) < 4.78 is 0. The summed E-state index contributed by atoms with van der Waals surface area (Å²) in [6, 6.07) is 2.83. The lowest BCUT2D eigenvalue weighted by Crippen LogP contribution is -2.27. The Morgan fingerprint density at radius 2 is 2.16 bits per heavy atom. The molecule has 2 rings (SSSR count). The molecule has 100 valence electrons. The van der Waals surface area contributed by atoms with Crippen LogP contribution < -0.4 is 5.32 Å². The largest absolute Gasteiger partial charge is 0.477 e. The molecule has 0 aromatic carbocycles. The first kappa shape index (κ1) is 13.7. The van der Waals surface area contributed by atoms with Crippen LogP contribution in [0.1, 0.15) is 43.7 Å². The smallest absolute Gasteiger partial charge is 0.345 e. The molecule has 0 fully saturated rings. The number of aromatic nitrogens is 1. The van der Waals surface area contributed by atoms with E-state index in [9.17, 15) is 9.59 Å². The molecule has 0 radical (unpaired) electrons. The van der Waals surface area contributed by atoms with Gasteiger partial charge in [0, 0.05) is 11.6 Å². The summed E-state index contributed by atoms with van der Waals surface area (Å²) in [5, 5.41) is 14.4. The van der Waals surface area contributed by atoms with E-state index in [1.165, 1.54) is 23.5 Å². The lowest BCUT2D eigenvalue weighted by Gasteiger charge is -2.13. The molecule has 5 nitrogen and oxygen atoms in total. The molecule has 0 saturated heterocycles. The molecule has 0 bridgehead atoms. The lowest BCUT2D eigenvalue weighted by molar-refractivity contribution is 0.0702. The zero-order valence-electron chi connectivity index (χ0n) is 10.1. The van der Waals surface area contributed by atoms with Gasteiger partial charge in [0.15, 0.2) is 0 Å². The van der Waals surface area contributed by atoms with Crippen molar-refractivity contribution < 1.29 is 14.7 Å². The van der Waals surface area contributed by atoms with Gasteiger partial charge in [0.2, 0.25) is 0 Å². The number of aromatic carboxylic acids is 1. The molecule has 19 heavy (non-hydrogen) atoms. The summed E-state index contributed by atoms with van der Waals surface area (Å²) in [5.74, 6) is -1.28. The predicted octanol–water partition coefficient (Wildman–Crippen LogP) is 2.78. The highest BCUT2D eigenvalue weighted by molar-refractivity contribution is 7.15. The fraction of sp³-hybridized carbons (Fsp3) is 0.250. The zero-order valence-corrected chi connectivity index (χ0v) is 11.8. The minimum absolute atomic E-state index is 0.136. The SMILES string of the molecule is CCC(NC(=O)c1ccc(C(=O)O)s1)c1nccs1. The van der Waals surface area contributed by atoms with Crippen molar-refractivity contribution in [3.8, 4) is 0 Å². The summed E-state index contributed by atoms with van der Waals surface area (Å²) >= 11 is 2.46. The topological polar surface area (TPSA) is 79.3 Å². The number of thiazole rings is 1.